The Bertz CT molecular complexity index is 819. The van der Waals surface area contributed by atoms with Gasteiger partial charge in [-0.25, -0.2) is 9.67 Å². The van der Waals surface area contributed by atoms with E-state index in [1.54, 1.807) is 11.3 Å². The lowest BCUT2D eigenvalue weighted by Gasteiger charge is -2.21. The third-order valence-electron chi connectivity index (χ3n) is 4.19. The molecule has 1 aromatic carbocycles. The molecule has 0 fully saturated rings. The van der Waals surface area contributed by atoms with Crippen LogP contribution in [0.4, 0.5) is 0 Å². The molecule has 0 aliphatic heterocycles. The lowest BCUT2D eigenvalue weighted by atomic mass is 9.85. The van der Waals surface area contributed by atoms with Crippen LogP contribution in [0, 0.1) is 0 Å². The summed E-state index contributed by atoms with van der Waals surface area (Å²) < 4.78 is 3.04. The molecule has 5 nitrogen and oxygen atoms in total. The van der Waals surface area contributed by atoms with Crippen molar-refractivity contribution in [2.75, 3.05) is 0 Å². The molecule has 2 heterocycles. The topological polar surface area (TPSA) is 68.0 Å². The van der Waals surface area contributed by atoms with E-state index in [2.05, 4.69) is 16.1 Å². The van der Waals surface area contributed by atoms with Crippen molar-refractivity contribution in [2.24, 2.45) is 0 Å². The van der Waals surface area contributed by atoms with Gasteiger partial charge in [0.1, 0.15) is 0 Å². The fraction of sp³-hybridized carbons (Fsp3) is 0.312. The first kappa shape index (κ1) is 13.5. The van der Waals surface area contributed by atoms with Crippen LogP contribution in [-0.4, -0.2) is 25.8 Å². The van der Waals surface area contributed by atoms with Crippen LogP contribution in [0.25, 0.3) is 15.3 Å². The number of aliphatic carboxylic acids is 1. The number of hydrogen-bond acceptors (Lipinski definition) is 4. The summed E-state index contributed by atoms with van der Waals surface area (Å²) >= 11 is 1.62. The minimum atomic E-state index is -0.745. The van der Waals surface area contributed by atoms with E-state index in [9.17, 15) is 4.79 Å². The lowest BCUT2D eigenvalue weighted by Crippen LogP contribution is -2.14. The molecular weight excluding hydrogens is 298 g/mol. The van der Waals surface area contributed by atoms with Crippen LogP contribution in [-0.2, 0) is 11.2 Å². The van der Waals surface area contributed by atoms with Gasteiger partial charge in [-0.3, -0.25) is 4.79 Å². The highest BCUT2D eigenvalue weighted by Gasteiger charge is 2.27. The van der Waals surface area contributed by atoms with Gasteiger partial charge in [-0.2, -0.15) is 5.10 Å². The average Bonchev–Trinajstić information content (AvgIpc) is 3.10. The second-order valence-corrected chi connectivity index (χ2v) is 6.62. The standard InChI is InChI=1S/C16H15N3O2S/c20-15(21)8-10-4-3-6-13-11(10)9-17-19(13)16-18-12-5-1-2-7-14(12)22-16/h1-2,5,7,9-10H,3-4,6,8H2,(H,20,21). The first-order valence-corrected chi connectivity index (χ1v) is 8.18. The molecule has 22 heavy (non-hydrogen) atoms. The largest absolute Gasteiger partial charge is 0.481 e. The third-order valence-corrected chi connectivity index (χ3v) is 5.20. The fourth-order valence-corrected chi connectivity index (χ4v) is 4.14. The van der Waals surface area contributed by atoms with Crippen molar-refractivity contribution in [3.05, 3.63) is 41.7 Å². The average molecular weight is 313 g/mol. The maximum Gasteiger partial charge on any atom is 0.303 e. The Morgan fingerprint density at radius 3 is 3.09 bits per heavy atom. The number of carboxylic acid groups (broad SMARTS) is 1. The Balaban J connectivity index is 1.77. The van der Waals surface area contributed by atoms with Gasteiger partial charge in [0.25, 0.3) is 0 Å². The van der Waals surface area contributed by atoms with E-state index in [-0.39, 0.29) is 12.3 Å². The van der Waals surface area contributed by atoms with E-state index in [0.29, 0.717) is 0 Å². The van der Waals surface area contributed by atoms with Gasteiger partial charge in [0.15, 0.2) is 0 Å². The number of carboxylic acids is 1. The zero-order valence-corrected chi connectivity index (χ0v) is 12.7. The van der Waals surface area contributed by atoms with Gasteiger partial charge in [-0.1, -0.05) is 23.5 Å². The summed E-state index contributed by atoms with van der Waals surface area (Å²) in [6.07, 6.45) is 4.86. The van der Waals surface area contributed by atoms with E-state index < -0.39 is 5.97 Å². The number of hydrogen-bond donors (Lipinski definition) is 1. The van der Waals surface area contributed by atoms with E-state index in [1.807, 2.05) is 29.1 Å². The Kier molecular flexibility index (Phi) is 3.18. The molecule has 6 heteroatoms. The number of aromatic nitrogens is 3. The molecule has 4 rings (SSSR count). The SMILES string of the molecule is O=C(O)CC1CCCc2c1cnn2-c1nc2ccccc2s1. The summed E-state index contributed by atoms with van der Waals surface area (Å²) in [6, 6.07) is 8.04. The first-order chi connectivity index (χ1) is 10.7. The van der Waals surface area contributed by atoms with Crippen molar-refractivity contribution in [3.63, 3.8) is 0 Å². The highest BCUT2D eigenvalue weighted by atomic mass is 32.1. The molecule has 0 radical (unpaired) electrons. The summed E-state index contributed by atoms with van der Waals surface area (Å²) in [5.41, 5.74) is 3.18. The lowest BCUT2D eigenvalue weighted by molar-refractivity contribution is -0.137. The predicted molar refractivity (Wildman–Crippen MR) is 84.7 cm³/mol. The molecule has 0 spiro atoms. The van der Waals surface area contributed by atoms with Crippen molar-refractivity contribution in [1.29, 1.82) is 0 Å². The first-order valence-electron chi connectivity index (χ1n) is 7.37. The number of benzene rings is 1. The van der Waals surface area contributed by atoms with Crippen LogP contribution in [0.3, 0.4) is 0 Å². The third kappa shape index (κ3) is 2.20. The second kappa shape index (κ2) is 5.21. The van der Waals surface area contributed by atoms with Crippen molar-refractivity contribution in [1.82, 2.24) is 14.8 Å². The van der Waals surface area contributed by atoms with Crippen LogP contribution in [0.15, 0.2) is 30.5 Å². The monoisotopic (exact) mass is 313 g/mol. The van der Waals surface area contributed by atoms with Gasteiger partial charge in [0.05, 0.1) is 28.5 Å². The number of para-hydroxylation sites is 1. The van der Waals surface area contributed by atoms with Crippen LogP contribution >= 0.6 is 11.3 Å². The van der Waals surface area contributed by atoms with E-state index in [0.717, 1.165) is 45.9 Å². The predicted octanol–water partition coefficient (Wildman–Crippen LogP) is 3.38. The summed E-state index contributed by atoms with van der Waals surface area (Å²) in [4.78, 5) is 15.7. The molecule has 2 aromatic heterocycles. The zero-order chi connectivity index (χ0) is 15.1. The maximum atomic E-state index is 11.0. The highest BCUT2D eigenvalue weighted by Crippen LogP contribution is 2.36. The number of fused-ring (bicyclic) bond motifs is 2. The quantitative estimate of drug-likeness (QED) is 0.805. The minimum absolute atomic E-state index is 0.0735. The normalized spacial score (nSPS) is 17.5. The molecule has 1 atom stereocenters. The minimum Gasteiger partial charge on any atom is -0.481 e. The maximum absolute atomic E-state index is 11.0. The summed E-state index contributed by atoms with van der Waals surface area (Å²) in [5, 5.41) is 14.4. The van der Waals surface area contributed by atoms with Crippen LogP contribution < -0.4 is 0 Å². The molecule has 0 bridgehead atoms. The van der Waals surface area contributed by atoms with Crippen molar-refractivity contribution in [3.8, 4) is 5.13 Å². The molecule has 1 N–H and O–H groups in total. The molecule has 1 unspecified atom stereocenters. The Morgan fingerprint density at radius 1 is 1.41 bits per heavy atom. The fourth-order valence-electron chi connectivity index (χ4n) is 3.19. The Morgan fingerprint density at radius 2 is 2.27 bits per heavy atom. The Labute approximate surface area is 131 Å². The number of carbonyl (C=O) groups is 1. The van der Waals surface area contributed by atoms with Crippen LogP contribution in [0.2, 0.25) is 0 Å². The Hall–Kier alpha value is -2.21. The van der Waals surface area contributed by atoms with Gasteiger partial charge in [-0.05, 0) is 42.9 Å². The molecule has 3 aromatic rings. The smallest absolute Gasteiger partial charge is 0.303 e. The molecule has 1 aliphatic rings. The van der Waals surface area contributed by atoms with Crippen molar-refractivity contribution < 1.29 is 9.90 Å². The molecule has 0 amide bonds. The molecule has 0 saturated heterocycles. The summed E-state index contributed by atoms with van der Waals surface area (Å²) in [7, 11) is 0. The van der Waals surface area contributed by atoms with Gasteiger partial charge >= 0.3 is 5.97 Å². The number of rotatable bonds is 3. The van der Waals surface area contributed by atoms with Gasteiger partial charge < -0.3 is 5.11 Å². The molecule has 112 valence electrons. The van der Waals surface area contributed by atoms with Crippen molar-refractivity contribution >= 4 is 27.5 Å². The van der Waals surface area contributed by atoms with Gasteiger partial charge in [0, 0.05) is 0 Å². The van der Waals surface area contributed by atoms with Crippen molar-refractivity contribution in [2.45, 2.75) is 31.6 Å². The molecule has 1 aliphatic carbocycles. The van der Waals surface area contributed by atoms with Crippen LogP contribution in [0.5, 0.6) is 0 Å². The van der Waals surface area contributed by atoms with Gasteiger partial charge in [-0.15, -0.1) is 0 Å². The van der Waals surface area contributed by atoms with Crippen LogP contribution in [0.1, 0.15) is 36.4 Å². The zero-order valence-electron chi connectivity index (χ0n) is 11.9. The number of nitrogens with zero attached hydrogens (tertiary/aromatic N) is 3. The molecule has 0 saturated carbocycles. The highest BCUT2D eigenvalue weighted by molar-refractivity contribution is 7.20. The summed E-state index contributed by atoms with van der Waals surface area (Å²) in [6.45, 7) is 0. The van der Waals surface area contributed by atoms with E-state index >= 15 is 0 Å². The van der Waals surface area contributed by atoms with Gasteiger partial charge in [0.2, 0.25) is 5.13 Å². The second-order valence-electron chi connectivity index (χ2n) is 5.61. The van der Waals surface area contributed by atoms with E-state index in [1.165, 1.54) is 0 Å². The summed E-state index contributed by atoms with van der Waals surface area (Å²) in [5.74, 6) is -0.671. The molecular formula is C16H15N3O2S. The van der Waals surface area contributed by atoms with E-state index in [4.69, 9.17) is 5.11 Å². The number of thiazole rings is 1.